The Kier molecular flexibility index (Phi) is 3.48. The maximum absolute atomic E-state index is 5.82. The van der Waals surface area contributed by atoms with Crippen LogP contribution in [0, 0.1) is 6.92 Å². The molecule has 0 aromatic heterocycles. The van der Waals surface area contributed by atoms with E-state index in [4.69, 9.17) is 4.74 Å². The van der Waals surface area contributed by atoms with Crippen LogP contribution in [0.5, 0.6) is 11.5 Å². The van der Waals surface area contributed by atoms with Crippen molar-refractivity contribution >= 4 is 0 Å². The first kappa shape index (κ1) is 11.7. The van der Waals surface area contributed by atoms with Crippen molar-refractivity contribution in [2.75, 3.05) is 0 Å². The molecule has 2 aromatic rings. The normalized spacial score (nSPS) is 10.6. The van der Waals surface area contributed by atoms with Crippen LogP contribution in [0.15, 0.2) is 48.5 Å². The molecule has 0 aliphatic carbocycles. The molecule has 17 heavy (non-hydrogen) atoms. The second kappa shape index (κ2) is 5.05. The molecule has 0 atom stereocenters. The second-order valence-corrected chi connectivity index (χ2v) is 4.64. The lowest BCUT2D eigenvalue weighted by Gasteiger charge is -2.09. The molecule has 0 radical (unpaired) electrons. The van der Waals surface area contributed by atoms with Crippen LogP contribution in [0.25, 0.3) is 0 Å². The van der Waals surface area contributed by atoms with Crippen LogP contribution in [-0.4, -0.2) is 0 Å². The van der Waals surface area contributed by atoms with Crippen molar-refractivity contribution in [3.05, 3.63) is 59.7 Å². The van der Waals surface area contributed by atoms with Crippen molar-refractivity contribution in [2.45, 2.75) is 26.7 Å². The highest BCUT2D eigenvalue weighted by molar-refractivity contribution is 5.35. The summed E-state index contributed by atoms with van der Waals surface area (Å²) < 4.78 is 5.82. The van der Waals surface area contributed by atoms with E-state index >= 15 is 0 Å². The first-order valence-corrected chi connectivity index (χ1v) is 5.99. The minimum atomic E-state index is 0.525. The van der Waals surface area contributed by atoms with Crippen molar-refractivity contribution in [1.29, 1.82) is 0 Å². The third kappa shape index (κ3) is 3.10. The Bertz CT molecular complexity index is 483. The molecule has 88 valence electrons. The van der Waals surface area contributed by atoms with Gasteiger partial charge in [0.2, 0.25) is 0 Å². The van der Waals surface area contributed by atoms with Crippen LogP contribution in [0.2, 0.25) is 0 Å². The third-order valence-corrected chi connectivity index (χ3v) is 2.78. The summed E-state index contributed by atoms with van der Waals surface area (Å²) >= 11 is 0. The van der Waals surface area contributed by atoms with E-state index in [0.29, 0.717) is 5.92 Å². The minimum Gasteiger partial charge on any atom is -0.457 e. The van der Waals surface area contributed by atoms with E-state index in [1.54, 1.807) is 0 Å². The fourth-order valence-corrected chi connectivity index (χ4v) is 1.68. The molecule has 0 bridgehead atoms. The van der Waals surface area contributed by atoms with Crippen LogP contribution in [0.3, 0.4) is 0 Å². The predicted octanol–water partition coefficient (Wildman–Crippen LogP) is 4.91. The lowest BCUT2D eigenvalue weighted by molar-refractivity contribution is 0.481. The Morgan fingerprint density at radius 1 is 0.882 bits per heavy atom. The number of hydrogen-bond donors (Lipinski definition) is 0. The molecule has 0 fully saturated rings. The molecule has 1 heteroatoms. The number of benzene rings is 2. The molecule has 0 aliphatic heterocycles. The lowest BCUT2D eigenvalue weighted by atomic mass is 10.0. The number of aryl methyl sites for hydroxylation is 1. The number of ether oxygens (including phenoxy) is 1. The summed E-state index contributed by atoms with van der Waals surface area (Å²) in [6, 6.07) is 16.4. The van der Waals surface area contributed by atoms with Crippen LogP contribution >= 0.6 is 0 Å². The zero-order chi connectivity index (χ0) is 12.3. The van der Waals surface area contributed by atoms with Gasteiger partial charge < -0.3 is 4.74 Å². The standard InChI is InChI=1S/C16H18O/c1-12(2)14-5-4-6-16(11-14)17-15-9-7-13(3)8-10-15/h4-12H,1-3H3. The molecule has 0 N–H and O–H groups in total. The number of hydrogen-bond acceptors (Lipinski definition) is 1. The van der Waals surface area contributed by atoms with E-state index in [2.05, 4.69) is 45.0 Å². The van der Waals surface area contributed by atoms with Gasteiger partial charge in [0.15, 0.2) is 0 Å². The topological polar surface area (TPSA) is 9.23 Å². The summed E-state index contributed by atoms with van der Waals surface area (Å²) in [7, 11) is 0. The molecule has 0 saturated heterocycles. The molecule has 2 aromatic carbocycles. The molecule has 0 aliphatic rings. The van der Waals surface area contributed by atoms with Crippen molar-refractivity contribution in [3.8, 4) is 11.5 Å². The van der Waals surface area contributed by atoms with Gasteiger partial charge in [-0.15, -0.1) is 0 Å². The van der Waals surface area contributed by atoms with Gasteiger partial charge in [-0.05, 0) is 42.7 Å². The fraction of sp³-hybridized carbons (Fsp3) is 0.250. The Balaban J connectivity index is 2.18. The van der Waals surface area contributed by atoms with Gasteiger partial charge in [0.1, 0.15) is 11.5 Å². The molecule has 0 unspecified atom stereocenters. The summed E-state index contributed by atoms with van der Waals surface area (Å²) in [6.07, 6.45) is 0. The van der Waals surface area contributed by atoms with Gasteiger partial charge >= 0.3 is 0 Å². The molecule has 0 amide bonds. The van der Waals surface area contributed by atoms with Crippen LogP contribution < -0.4 is 4.74 Å². The quantitative estimate of drug-likeness (QED) is 0.722. The van der Waals surface area contributed by atoms with Gasteiger partial charge in [-0.3, -0.25) is 0 Å². The van der Waals surface area contributed by atoms with E-state index in [9.17, 15) is 0 Å². The highest BCUT2D eigenvalue weighted by atomic mass is 16.5. The van der Waals surface area contributed by atoms with Crippen LogP contribution in [0.1, 0.15) is 30.9 Å². The maximum atomic E-state index is 5.82. The summed E-state index contributed by atoms with van der Waals surface area (Å²) in [5.74, 6) is 2.31. The zero-order valence-electron chi connectivity index (χ0n) is 10.6. The Morgan fingerprint density at radius 3 is 2.24 bits per heavy atom. The molecule has 0 heterocycles. The van der Waals surface area contributed by atoms with Gasteiger partial charge in [0.05, 0.1) is 0 Å². The number of rotatable bonds is 3. The predicted molar refractivity (Wildman–Crippen MR) is 71.8 cm³/mol. The molecule has 1 nitrogen and oxygen atoms in total. The Morgan fingerprint density at radius 2 is 1.59 bits per heavy atom. The first-order valence-electron chi connectivity index (χ1n) is 5.99. The highest BCUT2D eigenvalue weighted by Gasteiger charge is 2.01. The Labute approximate surface area is 103 Å². The van der Waals surface area contributed by atoms with Crippen LogP contribution in [-0.2, 0) is 0 Å². The molecular weight excluding hydrogens is 208 g/mol. The monoisotopic (exact) mass is 226 g/mol. The third-order valence-electron chi connectivity index (χ3n) is 2.78. The average molecular weight is 226 g/mol. The van der Waals surface area contributed by atoms with Crippen molar-refractivity contribution in [2.24, 2.45) is 0 Å². The van der Waals surface area contributed by atoms with Crippen molar-refractivity contribution in [3.63, 3.8) is 0 Å². The zero-order valence-corrected chi connectivity index (χ0v) is 10.6. The summed E-state index contributed by atoms with van der Waals surface area (Å²) in [5, 5.41) is 0. The molecule has 0 saturated carbocycles. The minimum absolute atomic E-state index is 0.525. The van der Waals surface area contributed by atoms with E-state index in [1.807, 2.05) is 24.3 Å². The molecule has 0 spiro atoms. The van der Waals surface area contributed by atoms with Gasteiger partial charge in [-0.2, -0.15) is 0 Å². The average Bonchev–Trinajstić information content (AvgIpc) is 2.32. The molecular formula is C16H18O. The Hall–Kier alpha value is -1.76. The van der Waals surface area contributed by atoms with E-state index in [1.165, 1.54) is 11.1 Å². The van der Waals surface area contributed by atoms with Gasteiger partial charge in [0, 0.05) is 0 Å². The van der Waals surface area contributed by atoms with Crippen molar-refractivity contribution in [1.82, 2.24) is 0 Å². The maximum Gasteiger partial charge on any atom is 0.127 e. The van der Waals surface area contributed by atoms with E-state index < -0.39 is 0 Å². The van der Waals surface area contributed by atoms with Gasteiger partial charge in [-0.25, -0.2) is 0 Å². The highest BCUT2D eigenvalue weighted by Crippen LogP contribution is 2.25. The summed E-state index contributed by atoms with van der Waals surface area (Å²) in [6.45, 7) is 6.44. The smallest absolute Gasteiger partial charge is 0.127 e. The van der Waals surface area contributed by atoms with Gasteiger partial charge in [0.25, 0.3) is 0 Å². The summed E-state index contributed by atoms with van der Waals surface area (Å²) in [4.78, 5) is 0. The fourth-order valence-electron chi connectivity index (χ4n) is 1.68. The van der Waals surface area contributed by atoms with Gasteiger partial charge in [-0.1, -0.05) is 43.7 Å². The van der Waals surface area contributed by atoms with Crippen LogP contribution in [0.4, 0.5) is 0 Å². The summed E-state index contributed by atoms with van der Waals surface area (Å²) in [5.41, 5.74) is 2.54. The SMILES string of the molecule is Cc1ccc(Oc2cccc(C(C)C)c2)cc1. The first-order chi connectivity index (χ1) is 8.15. The van der Waals surface area contributed by atoms with Crippen molar-refractivity contribution < 1.29 is 4.74 Å². The van der Waals surface area contributed by atoms with E-state index in [-0.39, 0.29) is 0 Å². The largest absolute Gasteiger partial charge is 0.457 e. The lowest BCUT2D eigenvalue weighted by Crippen LogP contribution is -1.89. The van der Waals surface area contributed by atoms with E-state index in [0.717, 1.165) is 11.5 Å². The molecule has 2 rings (SSSR count). The second-order valence-electron chi connectivity index (χ2n) is 4.64.